The van der Waals surface area contributed by atoms with E-state index in [0.29, 0.717) is 24.1 Å². The lowest BCUT2D eigenvalue weighted by atomic mass is 9.94. The van der Waals surface area contributed by atoms with Gasteiger partial charge in [-0.15, -0.1) is 0 Å². The minimum absolute atomic E-state index is 0.0619. The fourth-order valence-corrected chi connectivity index (χ4v) is 6.52. The van der Waals surface area contributed by atoms with Gasteiger partial charge in [-0.1, -0.05) is 6.42 Å². The number of thioether (sulfide) groups is 2. The van der Waals surface area contributed by atoms with Crippen LogP contribution in [0.2, 0.25) is 0 Å². The van der Waals surface area contributed by atoms with E-state index in [0.717, 1.165) is 30.8 Å². The van der Waals surface area contributed by atoms with Gasteiger partial charge in [0.2, 0.25) is 5.91 Å². The smallest absolute Gasteiger partial charge is 0.326 e. The largest absolute Gasteiger partial charge is 0.480 e. The van der Waals surface area contributed by atoms with E-state index in [-0.39, 0.29) is 11.8 Å². The molecule has 0 aromatic carbocycles. The van der Waals surface area contributed by atoms with Gasteiger partial charge in [0.1, 0.15) is 6.04 Å². The van der Waals surface area contributed by atoms with Crippen LogP contribution in [0.25, 0.3) is 0 Å². The standard InChI is InChI=1S/C14H21NO3S2/c16-12(6-10-8-19-4-5-20-10)15-7-9-2-1-3-11(9)13(15)14(17)18/h9-11,13H,1-8H2,(H,17,18). The molecule has 4 nitrogen and oxygen atoms in total. The lowest BCUT2D eigenvalue weighted by Gasteiger charge is -2.27. The van der Waals surface area contributed by atoms with Crippen molar-refractivity contribution in [3.05, 3.63) is 0 Å². The number of carboxylic acid groups (broad SMARTS) is 1. The molecule has 0 spiro atoms. The first kappa shape index (κ1) is 14.6. The molecule has 3 rings (SSSR count). The first-order chi connectivity index (χ1) is 9.66. The molecule has 1 N–H and O–H groups in total. The fraction of sp³-hybridized carbons (Fsp3) is 0.857. The summed E-state index contributed by atoms with van der Waals surface area (Å²) < 4.78 is 0. The topological polar surface area (TPSA) is 57.6 Å². The number of carboxylic acids is 1. The molecule has 2 aliphatic heterocycles. The first-order valence-corrected chi connectivity index (χ1v) is 9.59. The van der Waals surface area contributed by atoms with E-state index in [4.69, 9.17) is 0 Å². The molecule has 1 amide bonds. The highest BCUT2D eigenvalue weighted by Gasteiger charge is 2.49. The van der Waals surface area contributed by atoms with Gasteiger partial charge in [0.05, 0.1) is 0 Å². The minimum Gasteiger partial charge on any atom is -0.480 e. The monoisotopic (exact) mass is 315 g/mol. The lowest BCUT2D eigenvalue weighted by molar-refractivity contribution is -0.149. The van der Waals surface area contributed by atoms with E-state index in [1.54, 1.807) is 4.90 Å². The highest BCUT2D eigenvalue weighted by Crippen LogP contribution is 2.42. The van der Waals surface area contributed by atoms with E-state index in [2.05, 4.69) is 0 Å². The van der Waals surface area contributed by atoms with Crippen molar-refractivity contribution >= 4 is 35.4 Å². The fourth-order valence-electron chi connectivity index (χ4n) is 3.85. The second-order valence-electron chi connectivity index (χ2n) is 5.96. The van der Waals surface area contributed by atoms with Crippen molar-refractivity contribution < 1.29 is 14.7 Å². The third-order valence-electron chi connectivity index (χ3n) is 4.75. The normalized spacial score (nSPS) is 36.9. The van der Waals surface area contributed by atoms with E-state index in [1.807, 2.05) is 23.5 Å². The molecular weight excluding hydrogens is 294 g/mol. The van der Waals surface area contributed by atoms with Crippen molar-refractivity contribution in [3.8, 4) is 0 Å². The molecule has 3 aliphatic rings. The zero-order valence-corrected chi connectivity index (χ0v) is 13.1. The summed E-state index contributed by atoms with van der Waals surface area (Å²) in [4.78, 5) is 25.7. The zero-order valence-electron chi connectivity index (χ0n) is 11.5. The maximum absolute atomic E-state index is 12.5. The molecule has 3 fully saturated rings. The second-order valence-corrected chi connectivity index (χ2v) is 8.51. The second kappa shape index (κ2) is 6.18. The van der Waals surface area contributed by atoms with Crippen LogP contribution in [0.5, 0.6) is 0 Å². The molecule has 0 radical (unpaired) electrons. The van der Waals surface area contributed by atoms with Crippen LogP contribution < -0.4 is 0 Å². The summed E-state index contributed by atoms with van der Waals surface area (Å²) in [5.41, 5.74) is 0. The molecule has 4 atom stereocenters. The van der Waals surface area contributed by atoms with Crippen molar-refractivity contribution in [1.29, 1.82) is 0 Å². The number of rotatable bonds is 3. The van der Waals surface area contributed by atoms with Crippen LogP contribution >= 0.6 is 23.5 Å². The van der Waals surface area contributed by atoms with Crippen molar-refractivity contribution in [2.24, 2.45) is 11.8 Å². The Bertz CT molecular complexity index is 398. The number of carbonyl (C=O) groups excluding carboxylic acids is 1. The molecule has 2 heterocycles. The third-order valence-corrected chi connectivity index (χ3v) is 7.60. The van der Waals surface area contributed by atoms with Gasteiger partial charge in [-0.3, -0.25) is 4.79 Å². The number of fused-ring (bicyclic) bond motifs is 1. The molecule has 2 saturated heterocycles. The molecule has 112 valence electrons. The number of aliphatic carboxylic acids is 1. The molecule has 0 bridgehead atoms. The maximum atomic E-state index is 12.5. The molecule has 4 unspecified atom stereocenters. The minimum atomic E-state index is -0.807. The summed E-state index contributed by atoms with van der Waals surface area (Å²) in [6.45, 7) is 0.672. The van der Waals surface area contributed by atoms with Gasteiger partial charge in [0, 0.05) is 35.5 Å². The molecule has 1 saturated carbocycles. The number of amides is 1. The molecule has 0 aromatic heterocycles. The van der Waals surface area contributed by atoms with E-state index in [9.17, 15) is 14.7 Å². The highest BCUT2D eigenvalue weighted by atomic mass is 32.2. The molecule has 0 aromatic rings. The maximum Gasteiger partial charge on any atom is 0.326 e. The van der Waals surface area contributed by atoms with E-state index >= 15 is 0 Å². The van der Waals surface area contributed by atoms with Crippen molar-refractivity contribution in [1.82, 2.24) is 4.90 Å². The van der Waals surface area contributed by atoms with Gasteiger partial charge in [0.25, 0.3) is 0 Å². The summed E-state index contributed by atoms with van der Waals surface area (Å²) in [5.74, 6) is 3.18. The van der Waals surface area contributed by atoms with Crippen LogP contribution in [-0.4, -0.2) is 57.0 Å². The molecule has 6 heteroatoms. The summed E-state index contributed by atoms with van der Waals surface area (Å²) >= 11 is 3.77. The number of nitrogens with zero attached hydrogens (tertiary/aromatic N) is 1. The summed E-state index contributed by atoms with van der Waals surface area (Å²) in [5, 5.41) is 9.85. The number of likely N-dealkylation sites (tertiary alicyclic amines) is 1. The van der Waals surface area contributed by atoms with Crippen LogP contribution in [0.15, 0.2) is 0 Å². The zero-order chi connectivity index (χ0) is 14.1. The van der Waals surface area contributed by atoms with Crippen molar-refractivity contribution in [3.63, 3.8) is 0 Å². The van der Waals surface area contributed by atoms with Crippen LogP contribution in [0.4, 0.5) is 0 Å². The summed E-state index contributed by atoms with van der Waals surface area (Å²) in [6, 6.07) is -0.559. The van der Waals surface area contributed by atoms with Gasteiger partial charge < -0.3 is 10.0 Å². The summed E-state index contributed by atoms with van der Waals surface area (Å²) in [7, 11) is 0. The van der Waals surface area contributed by atoms with Gasteiger partial charge in [0.15, 0.2) is 0 Å². The number of carbonyl (C=O) groups is 2. The van der Waals surface area contributed by atoms with E-state index in [1.165, 1.54) is 5.75 Å². The first-order valence-electron chi connectivity index (χ1n) is 7.38. The van der Waals surface area contributed by atoms with Gasteiger partial charge in [-0.2, -0.15) is 23.5 Å². The Labute approximate surface area is 128 Å². The van der Waals surface area contributed by atoms with E-state index < -0.39 is 12.0 Å². The Hall–Kier alpha value is -0.360. The number of hydrogen-bond donors (Lipinski definition) is 1. The Morgan fingerprint density at radius 2 is 2.10 bits per heavy atom. The highest BCUT2D eigenvalue weighted by molar-refractivity contribution is 8.06. The Morgan fingerprint density at radius 3 is 2.80 bits per heavy atom. The van der Waals surface area contributed by atoms with Crippen molar-refractivity contribution in [2.45, 2.75) is 37.0 Å². The Morgan fingerprint density at radius 1 is 1.25 bits per heavy atom. The van der Waals surface area contributed by atoms with Gasteiger partial charge in [-0.05, 0) is 24.7 Å². The van der Waals surface area contributed by atoms with Crippen molar-refractivity contribution in [2.75, 3.05) is 23.8 Å². The molecule has 20 heavy (non-hydrogen) atoms. The Balaban J connectivity index is 1.65. The van der Waals surface area contributed by atoms with Gasteiger partial charge in [-0.25, -0.2) is 4.79 Å². The van der Waals surface area contributed by atoms with Gasteiger partial charge >= 0.3 is 5.97 Å². The van der Waals surface area contributed by atoms with Crippen LogP contribution in [0.3, 0.4) is 0 Å². The quantitative estimate of drug-likeness (QED) is 0.862. The Kier molecular flexibility index (Phi) is 4.50. The molecular formula is C14H21NO3S2. The SMILES string of the molecule is O=C(O)C1C2CCCC2CN1C(=O)CC1CSCCS1. The predicted molar refractivity (Wildman–Crippen MR) is 82.2 cm³/mol. The molecule has 1 aliphatic carbocycles. The lowest BCUT2D eigenvalue weighted by Crippen LogP contribution is -2.44. The van der Waals surface area contributed by atoms with Crippen LogP contribution in [-0.2, 0) is 9.59 Å². The van der Waals surface area contributed by atoms with Crippen LogP contribution in [0, 0.1) is 11.8 Å². The summed E-state index contributed by atoms with van der Waals surface area (Å²) in [6.07, 6.45) is 3.70. The number of hydrogen-bond acceptors (Lipinski definition) is 4. The average Bonchev–Trinajstić information content (AvgIpc) is 2.98. The average molecular weight is 315 g/mol. The van der Waals surface area contributed by atoms with Crippen LogP contribution in [0.1, 0.15) is 25.7 Å². The third kappa shape index (κ3) is 2.82. The predicted octanol–water partition coefficient (Wildman–Crippen LogP) is 1.94.